The summed E-state index contributed by atoms with van der Waals surface area (Å²) < 4.78 is 40.0. The summed E-state index contributed by atoms with van der Waals surface area (Å²) >= 11 is 0. The van der Waals surface area contributed by atoms with Crippen molar-refractivity contribution in [3.63, 3.8) is 0 Å². The highest BCUT2D eigenvalue weighted by Gasteiger charge is 2.20. The van der Waals surface area contributed by atoms with Gasteiger partial charge in [0.05, 0.1) is 5.69 Å². The molecule has 0 bridgehead atoms. The van der Waals surface area contributed by atoms with Crippen LogP contribution < -0.4 is 5.32 Å². The van der Waals surface area contributed by atoms with Gasteiger partial charge in [-0.25, -0.2) is 13.2 Å². The number of halogens is 3. The minimum atomic E-state index is -1.66. The van der Waals surface area contributed by atoms with Crippen molar-refractivity contribution in [3.05, 3.63) is 65.0 Å². The molecule has 2 aromatic carbocycles. The van der Waals surface area contributed by atoms with Gasteiger partial charge in [0.15, 0.2) is 17.5 Å². The van der Waals surface area contributed by atoms with Gasteiger partial charge in [0.2, 0.25) is 5.91 Å². The fourth-order valence-corrected chi connectivity index (χ4v) is 2.70. The van der Waals surface area contributed by atoms with Crippen molar-refractivity contribution in [2.75, 3.05) is 18.4 Å². The van der Waals surface area contributed by atoms with Crippen molar-refractivity contribution in [1.82, 2.24) is 4.90 Å². The van der Waals surface area contributed by atoms with Gasteiger partial charge in [-0.2, -0.15) is 0 Å². The van der Waals surface area contributed by atoms with Crippen molar-refractivity contribution in [1.29, 1.82) is 0 Å². The average Bonchev–Trinajstić information content (AvgIpc) is 2.67. The summed E-state index contributed by atoms with van der Waals surface area (Å²) in [4.78, 5) is 26.3. The summed E-state index contributed by atoms with van der Waals surface area (Å²) in [6, 6.07) is 8.78. The molecule has 4 nitrogen and oxygen atoms in total. The molecule has 0 aliphatic carbocycles. The van der Waals surface area contributed by atoms with Crippen molar-refractivity contribution in [2.24, 2.45) is 0 Å². The number of rotatable bonds is 7. The van der Waals surface area contributed by atoms with Crippen LogP contribution in [0.25, 0.3) is 0 Å². The Balaban J connectivity index is 2.12. The molecule has 150 valence electrons. The van der Waals surface area contributed by atoms with Crippen LogP contribution in [-0.2, 0) is 4.79 Å². The predicted molar refractivity (Wildman–Crippen MR) is 102 cm³/mol. The Bertz CT molecular complexity index is 851. The Kier molecular flexibility index (Phi) is 7.20. The second-order valence-electron chi connectivity index (χ2n) is 6.77. The highest BCUT2D eigenvalue weighted by Crippen LogP contribution is 2.20. The fraction of sp³-hybridized carbons (Fsp3) is 0.333. The largest absolute Gasteiger partial charge is 0.329 e. The van der Waals surface area contributed by atoms with Gasteiger partial charge in [0.1, 0.15) is 6.54 Å². The van der Waals surface area contributed by atoms with Crippen LogP contribution in [0.3, 0.4) is 0 Å². The maximum atomic E-state index is 13.7. The molecule has 2 rings (SSSR count). The molecular weight excluding hydrogens is 369 g/mol. The molecule has 0 radical (unpaired) electrons. The van der Waals surface area contributed by atoms with E-state index in [2.05, 4.69) is 5.32 Å². The summed E-state index contributed by atoms with van der Waals surface area (Å²) in [5, 5.41) is 2.18. The minimum Gasteiger partial charge on any atom is -0.329 e. The first kappa shape index (κ1) is 21.5. The van der Waals surface area contributed by atoms with Crippen molar-refractivity contribution in [3.8, 4) is 0 Å². The van der Waals surface area contributed by atoms with E-state index in [1.165, 1.54) is 4.90 Å². The molecule has 2 amide bonds. The monoisotopic (exact) mass is 392 g/mol. The second kappa shape index (κ2) is 9.39. The van der Waals surface area contributed by atoms with E-state index in [4.69, 9.17) is 0 Å². The smallest absolute Gasteiger partial charge is 0.254 e. The Morgan fingerprint density at radius 1 is 1.00 bits per heavy atom. The third-order valence-corrected chi connectivity index (χ3v) is 4.25. The van der Waals surface area contributed by atoms with E-state index in [1.807, 2.05) is 32.9 Å². The van der Waals surface area contributed by atoms with Crippen LogP contribution in [0.15, 0.2) is 36.4 Å². The van der Waals surface area contributed by atoms with Crippen LogP contribution in [0.2, 0.25) is 0 Å². The average molecular weight is 392 g/mol. The summed E-state index contributed by atoms with van der Waals surface area (Å²) in [6.07, 6.45) is 0.614. The van der Waals surface area contributed by atoms with Crippen LogP contribution in [0, 0.1) is 17.5 Å². The van der Waals surface area contributed by atoms with Crippen molar-refractivity contribution in [2.45, 2.75) is 33.1 Å². The van der Waals surface area contributed by atoms with E-state index in [0.29, 0.717) is 24.4 Å². The highest BCUT2D eigenvalue weighted by molar-refractivity contribution is 5.99. The Labute approximate surface area is 162 Å². The van der Waals surface area contributed by atoms with E-state index < -0.39 is 29.0 Å². The Morgan fingerprint density at radius 3 is 2.21 bits per heavy atom. The SMILES string of the molecule is CCCN(CC(=O)Nc1ccc(F)c(F)c1F)C(=O)c1ccc(C(C)C)cc1. The standard InChI is InChI=1S/C21H23F3N2O2/c1-4-11-26(21(28)15-7-5-14(6-8-15)13(2)3)12-18(27)25-17-10-9-16(22)19(23)20(17)24/h5-10,13H,4,11-12H2,1-3H3,(H,25,27). The lowest BCUT2D eigenvalue weighted by Gasteiger charge is -2.22. The molecule has 7 heteroatoms. The van der Waals surface area contributed by atoms with Crippen LogP contribution in [0.5, 0.6) is 0 Å². The molecular formula is C21H23F3N2O2. The van der Waals surface area contributed by atoms with Gasteiger partial charge in [-0.3, -0.25) is 9.59 Å². The lowest BCUT2D eigenvalue weighted by molar-refractivity contribution is -0.116. The number of anilines is 1. The molecule has 2 aromatic rings. The summed E-state index contributed by atoms with van der Waals surface area (Å²) in [7, 11) is 0. The molecule has 0 unspecified atom stereocenters. The minimum absolute atomic E-state index is 0.318. The lowest BCUT2D eigenvalue weighted by atomic mass is 10.0. The van der Waals surface area contributed by atoms with Gasteiger partial charge < -0.3 is 10.2 Å². The summed E-state index contributed by atoms with van der Waals surface area (Å²) in [5.74, 6) is -5.20. The predicted octanol–water partition coefficient (Wildman–Crippen LogP) is 4.72. The number of amides is 2. The zero-order chi connectivity index (χ0) is 20.8. The molecule has 1 N–H and O–H groups in total. The molecule has 0 aliphatic rings. The molecule has 0 saturated carbocycles. The van der Waals surface area contributed by atoms with E-state index in [9.17, 15) is 22.8 Å². The molecule has 0 heterocycles. The highest BCUT2D eigenvalue weighted by atomic mass is 19.2. The quantitative estimate of drug-likeness (QED) is 0.694. The van der Waals surface area contributed by atoms with Gasteiger partial charge >= 0.3 is 0 Å². The number of benzene rings is 2. The zero-order valence-electron chi connectivity index (χ0n) is 16.1. The van der Waals surface area contributed by atoms with E-state index in [0.717, 1.165) is 17.7 Å². The van der Waals surface area contributed by atoms with Gasteiger partial charge in [0.25, 0.3) is 5.91 Å². The topological polar surface area (TPSA) is 49.4 Å². The van der Waals surface area contributed by atoms with Gasteiger partial charge in [-0.05, 0) is 42.2 Å². The lowest BCUT2D eigenvalue weighted by Crippen LogP contribution is -2.38. The molecule has 0 saturated heterocycles. The molecule has 0 spiro atoms. The number of hydrogen-bond donors (Lipinski definition) is 1. The molecule has 0 aromatic heterocycles. The zero-order valence-corrected chi connectivity index (χ0v) is 16.1. The Morgan fingerprint density at radius 2 is 1.64 bits per heavy atom. The normalized spacial score (nSPS) is 10.8. The first-order chi connectivity index (χ1) is 13.2. The first-order valence-electron chi connectivity index (χ1n) is 9.07. The summed E-state index contributed by atoms with van der Waals surface area (Å²) in [6.45, 7) is 5.93. The molecule has 28 heavy (non-hydrogen) atoms. The van der Waals surface area contributed by atoms with E-state index >= 15 is 0 Å². The second-order valence-corrected chi connectivity index (χ2v) is 6.77. The van der Waals surface area contributed by atoms with Crippen LogP contribution in [0.4, 0.5) is 18.9 Å². The van der Waals surface area contributed by atoms with Crippen LogP contribution in [0.1, 0.15) is 49.0 Å². The van der Waals surface area contributed by atoms with Gasteiger partial charge in [0, 0.05) is 12.1 Å². The first-order valence-corrected chi connectivity index (χ1v) is 9.07. The molecule has 0 aliphatic heterocycles. The van der Waals surface area contributed by atoms with Crippen molar-refractivity contribution >= 4 is 17.5 Å². The van der Waals surface area contributed by atoms with Gasteiger partial charge in [-0.15, -0.1) is 0 Å². The van der Waals surface area contributed by atoms with Crippen LogP contribution in [-0.4, -0.2) is 29.8 Å². The number of carbonyl (C=O) groups is 2. The van der Waals surface area contributed by atoms with Crippen LogP contribution >= 0.6 is 0 Å². The number of hydrogen-bond acceptors (Lipinski definition) is 2. The molecule has 0 atom stereocenters. The van der Waals surface area contributed by atoms with Crippen molar-refractivity contribution < 1.29 is 22.8 Å². The number of nitrogens with one attached hydrogen (secondary N) is 1. The number of carbonyl (C=O) groups excluding carboxylic acids is 2. The Hall–Kier alpha value is -2.83. The third kappa shape index (κ3) is 5.12. The van der Waals surface area contributed by atoms with E-state index in [1.54, 1.807) is 12.1 Å². The molecule has 0 fully saturated rings. The fourth-order valence-electron chi connectivity index (χ4n) is 2.70. The maximum Gasteiger partial charge on any atom is 0.254 e. The number of nitrogens with zero attached hydrogens (tertiary/aromatic N) is 1. The van der Waals surface area contributed by atoms with Gasteiger partial charge in [-0.1, -0.05) is 32.9 Å². The maximum absolute atomic E-state index is 13.7. The summed E-state index contributed by atoms with van der Waals surface area (Å²) in [5.41, 5.74) is 1.05. The third-order valence-electron chi connectivity index (χ3n) is 4.25. The van der Waals surface area contributed by atoms with E-state index in [-0.39, 0.29) is 12.5 Å².